The Hall–Kier alpha value is -1.11. The quantitative estimate of drug-likeness (QED) is 0.570. The predicted octanol–water partition coefficient (Wildman–Crippen LogP) is 3.11. The number of nitrogens with zero attached hydrogens (tertiary/aromatic N) is 1. The lowest BCUT2D eigenvalue weighted by molar-refractivity contribution is 1.31. The highest BCUT2D eigenvalue weighted by Gasteiger charge is 1.84. The third-order valence-corrected chi connectivity index (χ3v) is 1.46. The minimum absolute atomic E-state index is 0.994. The van der Waals surface area contributed by atoms with Crippen molar-refractivity contribution in [2.45, 2.75) is 20.3 Å². The van der Waals surface area contributed by atoms with Gasteiger partial charge in [-0.1, -0.05) is 24.6 Å². The molecule has 0 unspecified atom stereocenters. The van der Waals surface area contributed by atoms with Gasteiger partial charge in [0.05, 0.1) is 5.69 Å². The molecule has 0 radical (unpaired) electrons. The van der Waals surface area contributed by atoms with E-state index in [1.54, 1.807) is 0 Å². The van der Waals surface area contributed by atoms with Crippen LogP contribution in [0.15, 0.2) is 29.3 Å². The van der Waals surface area contributed by atoms with E-state index in [1.165, 1.54) is 5.56 Å². The van der Waals surface area contributed by atoms with Gasteiger partial charge >= 0.3 is 0 Å². The molecule has 1 aromatic carbocycles. The second kappa shape index (κ2) is 3.91. The molecule has 1 aromatic rings. The summed E-state index contributed by atoms with van der Waals surface area (Å²) < 4.78 is 0. The molecule has 0 saturated carbocycles. The van der Waals surface area contributed by atoms with E-state index in [1.807, 2.05) is 18.3 Å². The lowest BCUT2D eigenvalue weighted by atomic mass is 10.2. The van der Waals surface area contributed by atoms with E-state index in [4.69, 9.17) is 0 Å². The SMILES string of the molecule is CC/C=N/c1ccc(C)cc1. The molecule has 58 valence electrons. The van der Waals surface area contributed by atoms with Crippen molar-refractivity contribution < 1.29 is 0 Å². The molecule has 0 aliphatic heterocycles. The summed E-state index contributed by atoms with van der Waals surface area (Å²) in [6, 6.07) is 8.20. The molecule has 0 aliphatic rings. The summed E-state index contributed by atoms with van der Waals surface area (Å²) in [6.07, 6.45) is 2.92. The van der Waals surface area contributed by atoms with Gasteiger partial charge in [-0.05, 0) is 25.5 Å². The molecule has 0 aromatic heterocycles. The predicted molar refractivity (Wildman–Crippen MR) is 49.6 cm³/mol. The number of hydrogen-bond donors (Lipinski definition) is 0. The molecule has 0 heterocycles. The Labute approximate surface area is 67.8 Å². The Bertz CT molecular complexity index is 234. The molecule has 1 rings (SSSR count). The molecule has 0 aliphatic carbocycles. The highest BCUT2D eigenvalue weighted by Crippen LogP contribution is 2.11. The first-order valence-electron chi connectivity index (χ1n) is 3.92. The van der Waals surface area contributed by atoms with Crippen LogP contribution in [0.2, 0.25) is 0 Å². The zero-order valence-corrected chi connectivity index (χ0v) is 7.04. The van der Waals surface area contributed by atoms with Crippen LogP contribution in [0.3, 0.4) is 0 Å². The van der Waals surface area contributed by atoms with E-state index in [0.29, 0.717) is 0 Å². The molecule has 0 N–H and O–H groups in total. The smallest absolute Gasteiger partial charge is 0.0625 e. The van der Waals surface area contributed by atoms with Gasteiger partial charge in [0.1, 0.15) is 0 Å². The van der Waals surface area contributed by atoms with Crippen LogP contribution in [-0.2, 0) is 0 Å². The van der Waals surface area contributed by atoms with Crippen LogP contribution in [-0.4, -0.2) is 6.21 Å². The topological polar surface area (TPSA) is 12.4 Å². The molecule has 0 fully saturated rings. The Morgan fingerprint density at radius 3 is 2.45 bits per heavy atom. The third kappa shape index (κ3) is 2.54. The third-order valence-electron chi connectivity index (χ3n) is 1.46. The number of benzene rings is 1. The summed E-state index contributed by atoms with van der Waals surface area (Å²) >= 11 is 0. The molecular weight excluding hydrogens is 134 g/mol. The van der Waals surface area contributed by atoms with Gasteiger partial charge < -0.3 is 0 Å². The zero-order chi connectivity index (χ0) is 8.10. The lowest BCUT2D eigenvalue weighted by Crippen LogP contribution is -1.70. The largest absolute Gasteiger partial charge is 0.261 e. The second-order valence-electron chi connectivity index (χ2n) is 2.56. The average Bonchev–Trinajstić information content (AvgIpc) is 2.04. The Balaban J connectivity index is 2.73. The minimum atomic E-state index is 0.994. The summed E-state index contributed by atoms with van der Waals surface area (Å²) in [4.78, 5) is 4.24. The maximum atomic E-state index is 4.24. The molecule has 0 saturated heterocycles. The summed E-state index contributed by atoms with van der Waals surface area (Å²) in [6.45, 7) is 4.16. The van der Waals surface area contributed by atoms with Crippen molar-refractivity contribution >= 4 is 11.9 Å². The maximum Gasteiger partial charge on any atom is 0.0625 e. The number of aryl methyl sites for hydroxylation is 1. The summed E-state index contributed by atoms with van der Waals surface area (Å²) in [5.41, 5.74) is 2.32. The van der Waals surface area contributed by atoms with Crippen LogP contribution in [0, 0.1) is 6.92 Å². The minimum Gasteiger partial charge on any atom is -0.261 e. The number of rotatable bonds is 2. The first-order chi connectivity index (χ1) is 5.33. The Kier molecular flexibility index (Phi) is 2.84. The van der Waals surface area contributed by atoms with Crippen molar-refractivity contribution in [3.05, 3.63) is 29.8 Å². The van der Waals surface area contributed by atoms with Crippen molar-refractivity contribution in [1.29, 1.82) is 0 Å². The lowest BCUT2D eigenvalue weighted by Gasteiger charge is -1.92. The summed E-state index contributed by atoms with van der Waals surface area (Å²) in [5.74, 6) is 0. The Morgan fingerprint density at radius 1 is 1.27 bits per heavy atom. The van der Waals surface area contributed by atoms with Crippen molar-refractivity contribution in [3.63, 3.8) is 0 Å². The van der Waals surface area contributed by atoms with Gasteiger partial charge in [-0.2, -0.15) is 0 Å². The summed E-state index contributed by atoms with van der Waals surface area (Å²) in [7, 11) is 0. The van der Waals surface area contributed by atoms with E-state index < -0.39 is 0 Å². The highest BCUT2D eigenvalue weighted by atomic mass is 14.7. The first-order valence-corrected chi connectivity index (χ1v) is 3.92. The van der Waals surface area contributed by atoms with E-state index in [2.05, 4.69) is 31.0 Å². The fourth-order valence-electron chi connectivity index (χ4n) is 0.828. The van der Waals surface area contributed by atoms with Crippen LogP contribution in [0.25, 0.3) is 0 Å². The van der Waals surface area contributed by atoms with Crippen LogP contribution in [0.4, 0.5) is 5.69 Å². The van der Waals surface area contributed by atoms with Gasteiger partial charge in [0.25, 0.3) is 0 Å². The van der Waals surface area contributed by atoms with E-state index in [9.17, 15) is 0 Å². The van der Waals surface area contributed by atoms with E-state index in [-0.39, 0.29) is 0 Å². The molecule has 11 heavy (non-hydrogen) atoms. The standard InChI is InChI=1S/C10H13N/c1-3-8-11-10-6-4-9(2)5-7-10/h4-8H,3H2,1-2H3/b11-8+. The fraction of sp³-hybridized carbons (Fsp3) is 0.300. The maximum absolute atomic E-state index is 4.24. The van der Waals surface area contributed by atoms with Gasteiger partial charge in [-0.15, -0.1) is 0 Å². The molecule has 1 nitrogen and oxygen atoms in total. The second-order valence-corrected chi connectivity index (χ2v) is 2.56. The Morgan fingerprint density at radius 2 is 1.91 bits per heavy atom. The number of hydrogen-bond acceptors (Lipinski definition) is 1. The molecule has 0 amide bonds. The van der Waals surface area contributed by atoms with Gasteiger partial charge in [-0.25, -0.2) is 0 Å². The van der Waals surface area contributed by atoms with Crippen molar-refractivity contribution in [2.24, 2.45) is 4.99 Å². The van der Waals surface area contributed by atoms with E-state index >= 15 is 0 Å². The van der Waals surface area contributed by atoms with E-state index in [0.717, 1.165) is 12.1 Å². The molecule has 0 atom stereocenters. The molecular formula is C10H13N. The highest BCUT2D eigenvalue weighted by molar-refractivity contribution is 5.62. The molecule has 1 heteroatoms. The van der Waals surface area contributed by atoms with Crippen molar-refractivity contribution in [1.82, 2.24) is 0 Å². The van der Waals surface area contributed by atoms with Crippen molar-refractivity contribution in [3.8, 4) is 0 Å². The molecule has 0 bridgehead atoms. The summed E-state index contributed by atoms with van der Waals surface area (Å²) in [5, 5.41) is 0. The monoisotopic (exact) mass is 147 g/mol. The van der Waals surface area contributed by atoms with Gasteiger partial charge in [0, 0.05) is 6.21 Å². The van der Waals surface area contributed by atoms with Crippen LogP contribution in [0.1, 0.15) is 18.9 Å². The van der Waals surface area contributed by atoms with Crippen LogP contribution >= 0.6 is 0 Å². The first kappa shape index (κ1) is 7.99. The number of aliphatic imine (C=N–C) groups is 1. The van der Waals surface area contributed by atoms with Gasteiger partial charge in [0.2, 0.25) is 0 Å². The zero-order valence-electron chi connectivity index (χ0n) is 7.04. The normalized spacial score (nSPS) is 10.7. The average molecular weight is 147 g/mol. The molecule has 0 spiro atoms. The fourth-order valence-corrected chi connectivity index (χ4v) is 0.828. The van der Waals surface area contributed by atoms with Crippen LogP contribution < -0.4 is 0 Å². The van der Waals surface area contributed by atoms with Crippen molar-refractivity contribution in [2.75, 3.05) is 0 Å². The van der Waals surface area contributed by atoms with Crippen LogP contribution in [0.5, 0.6) is 0 Å². The van der Waals surface area contributed by atoms with Gasteiger partial charge in [0.15, 0.2) is 0 Å². The van der Waals surface area contributed by atoms with Gasteiger partial charge in [-0.3, -0.25) is 4.99 Å².